The van der Waals surface area contributed by atoms with E-state index >= 15 is 0 Å². The third-order valence-electron chi connectivity index (χ3n) is 6.14. The monoisotopic (exact) mass is 463 g/mol. The lowest BCUT2D eigenvalue weighted by atomic mass is 10.2. The van der Waals surface area contributed by atoms with Crippen molar-refractivity contribution in [1.82, 2.24) is 9.21 Å². The molecule has 0 saturated carbocycles. The fourth-order valence-electron chi connectivity index (χ4n) is 4.25. The summed E-state index contributed by atoms with van der Waals surface area (Å²) in [6.45, 7) is 6.58. The van der Waals surface area contributed by atoms with Crippen LogP contribution in [0.25, 0.3) is 0 Å². The molecule has 2 aliphatic heterocycles. The molecule has 4 rings (SSSR count). The van der Waals surface area contributed by atoms with Crippen molar-refractivity contribution in [2.45, 2.75) is 17.9 Å². The van der Waals surface area contributed by atoms with Crippen molar-refractivity contribution >= 4 is 15.7 Å². The van der Waals surface area contributed by atoms with E-state index in [1.807, 2.05) is 18.2 Å². The van der Waals surface area contributed by atoms with Gasteiger partial charge in [-0.1, -0.05) is 18.2 Å². The van der Waals surface area contributed by atoms with Crippen LogP contribution in [0.4, 0.5) is 10.1 Å². The lowest BCUT2D eigenvalue weighted by molar-refractivity contribution is -0.0206. The Morgan fingerprint density at radius 2 is 1.84 bits per heavy atom. The number of morpholine rings is 1. The van der Waals surface area contributed by atoms with E-state index in [2.05, 4.69) is 15.9 Å². The minimum absolute atomic E-state index is 0.00771. The van der Waals surface area contributed by atoms with Gasteiger partial charge in [0, 0.05) is 45.8 Å². The molecule has 1 unspecified atom stereocenters. The van der Waals surface area contributed by atoms with E-state index in [9.17, 15) is 12.8 Å². The smallest absolute Gasteiger partial charge is 0.243 e. The number of piperazine rings is 1. The summed E-state index contributed by atoms with van der Waals surface area (Å²) in [6.07, 6.45) is -0.216. The van der Waals surface area contributed by atoms with Gasteiger partial charge in [0.25, 0.3) is 0 Å². The van der Waals surface area contributed by atoms with Gasteiger partial charge in [0.2, 0.25) is 10.0 Å². The molecule has 2 fully saturated rings. The van der Waals surface area contributed by atoms with Crippen LogP contribution in [0.15, 0.2) is 47.4 Å². The van der Waals surface area contributed by atoms with Crippen LogP contribution in [-0.4, -0.2) is 83.3 Å². The minimum Gasteiger partial charge on any atom is -0.495 e. The van der Waals surface area contributed by atoms with Gasteiger partial charge in [-0.15, -0.1) is 0 Å². The number of hydrogen-bond donors (Lipinski definition) is 0. The number of sulfonamides is 1. The van der Waals surface area contributed by atoms with Gasteiger partial charge in [-0.3, -0.25) is 4.90 Å². The van der Waals surface area contributed by atoms with E-state index in [1.54, 1.807) is 14.0 Å². The summed E-state index contributed by atoms with van der Waals surface area (Å²) >= 11 is 0. The Balaban J connectivity index is 1.35. The summed E-state index contributed by atoms with van der Waals surface area (Å²) < 4.78 is 52.7. The van der Waals surface area contributed by atoms with Crippen LogP contribution in [0.1, 0.15) is 5.56 Å². The van der Waals surface area contributed by atoms with Crippen molar-refractivity contribution in [3.05, 3.63) is 53.8 Å². The van der Waals surface area contributed by atoms with Crippen molar-refractivity contribution < 1.29 is 22.3 Å². The quantitative estimate of drug-likeness (QED) is 0.656. The predicted molar refractivity (Wildman–Crippen MR) is 121 cm³/mol. The summed E-state index contributed by atoms with van der Waals surface area (Å²) in [5.74, 6) is 0.355. The van der Waals surface area contributed by atoms with Crippen LogP contribution in [0.5, 0.6) is 5.75 Å². The maximum atomic E-state index is 13.9. The molecule has 2 aliphatic rings. The van der Waals surface area contributed by atoms with Gasteiger partial charge < -0.3 is 14.4 Å². The second-order valence-corrected chi connectivity index (χ2v) is 10.2. The summed E-state index contributed by atoms with van der Waals surface area (Å²) in [5.41, 5.74) is 1.52. The van der Waals surface area contributed by atoms with Gasteiger partial charge in [0.05, 0.1) is 30.4 Å². The second-order valence-electron chi connectivity index (χ2n) is 8.23. The van der Waals surface area contributed by atoms with Gasteiger partial charge in [-0.25, -0.2) is 12.8 Å². The van der Waals surface area contributed by atoms with Crippen LogP contribution >= 0.6 is 0 Å². The maximum absolute atomic E-state index is 13.9. The first-order chi connectivity index (χ1) is 15.4. The molecule has 9 heteroatoms. The highest BCUT2D eigenvalue weighted by molar-refractivity contribution is 7.89. The standard InChI is InChI=1S/C23H30FN3O4S/c1-18-7-8-20(15-21(18)24)32(28,29)27-13-14-31-19(17-27)16-25-9-11-26(12-10-25)22-5-3-4-6-23(22)30-2/h3-8,15,19H,9-14,16-17H2,1-2H3. The number of rotatable bonds is 6. The zero-order valence-corrected chi connectivity index (χ0v) is 19.4. The van der Waals surface area contributed by atoms with E-state index in [-0.39, 0.29) is 24.1 Å². The number of methoxy groups -OCH3 is 1. The number of hydrogen-bond acceptors (Lipinski definition) is 6. The molecule has 174 valence electrons. The fourth-order valence-corrected chi connectivity index (χ4v) is 5.72. The summed E-state index contributed by atoms with van der Waals surface area (Å²) in [4.78, 5) is 4.60. The van der Waals surface area contributed by atoms with Crippen molar-refractivity contribution in [1.29, 1.82) is 0 Å². The molecular formula is C23H30FN3O4S. The summed E-state index contributed by atoms with van der Waals surface area (Å²) in [5, 5.41) is 0. The number of ether oxygens (including phenoxy) is 2. The molecule has 0 amide bonds. The first-order valence-corrected chi connectivity index (χ1v) is 12.3. The zero-order valence-electron chi connectivity index (χ0n) is 18.5. The number of anilines is 1. The van der Waals surface area contributed by atoms with E-state index in [0.29, 0.717) is 18.7 Å². The van der Waals surface area contributed by atoms with E-state index in [1.165, 1.54) is 16.4 Å². The minimum atomic E-state index is -3.75. The Bertz CT molecular complexity index is 1040. The molecule has 0 radical (unpaired) electrons. The van der Waals surface area contributed by atoms with E-state index in [0.717, 1.165) is 43.7 Å². The Kier molecular flexibility index (Phi) is 6.99. The number of para-hydroxylation sites is 2. The molecule has 0 aromatic heterocycles. The number of aryl methyl sites for hydroxylation is 1. The summed E-state index contributed by atoms with van der Waals surface area (Å²) in [6, 6.07) is 12.1. The lowest BCUT2D eigenvalue weighted by Crippen LogP contribution is -2.53. The van der Waals surface area contributed by atoms with Gasteiger partial charge in [-0.05, 0) is 36.8 Å². The first-order valence-electron chi connectivity index (χ1n) is 10.9. The molecular weight excluding hydrogens is 433 g/mol. The molecule has 0 N–H and O–H groups in total. The third-order valence-corrected chi connectivity index (χ3v) is 8.00. The summed E-state index contributed by atoms with van der Waals surface area (Å²) in [7, 11) is -2.07. The molecule has 32 heavy (non-hydrogen) atoms. The second kappa shape index (κ2) is 9.74. The maximum Gasteiger partial charge on any atom is 0.243 e. The number of halogens is 1. The third kappa shape index (κ3) is 4.91. The number of benzene rings is 2. The topological polar surface area (TPSA) is 62.3 Å². The molecule has 1 atom stereocenters. The van der Waals surface area contributed by atoms with Gasteiger partial charge in [0.1, 0.15) is 11.6 Å². The molecule has 0 spiro atoms. The highest BCUT2D eigenvalue weighted by Crippen LogP contribution is 2.28. The van der Waals surface area contributed by atoms with Crippen LogP contribution < -0.4 is 9.64 Å². The van der Waals surface area contributed by atoms with Crippen LogP contribution in [-0.2, 0) is 14.8 Å². The molecule has 7 nitrogen and oxygen atoms in total. The highest BCUT2D eigenvalue weighted by atomic mass is 32.2. The Morgan fingerprint density at radius 1 is 1.09 bits per heavy atom. The lowest BCUT2D eigenvalue weighted by Gasteiger charge is -2.39. The SMILES string of the molecule is COc1ccccc1N1CCN(CC2CN(S(=O)(=O)c3ccc(C)c(F)c3)CCO2)CC1. The predicted octanol–water partition coefficient (Wildman–Crippen LogP) is 2.35. The van der Waals surface area contributed by atoms with Crippen molar-refractivity contribution in [3.63, 3.8) is 0 Å². The van der Waals surface area contributed by atoms with E-state index in [4.69, 9.17) is 9.47 Å². The molecule has 0 bridgehead atoms. The van der Waals surface area contributed by atoms with Crippen LogP contribution in [0.3, 0.4) is 0 Å². The highest BCUT2D eigenvalue weighted by Gasteiger charge is 2.32. The van der Waals surface area contributed by atoms with Gasteiger partial charge >= 0.3 is 0 Å². The normalized spacial score (nSPS) is 21.0. The Morgan fingerprint density at radius 3 is 2.56 bits per heavy atom. The largest absolute Gasteiger partial charge is 0.495 e. The average Bonchev–Trinajstić information content (AvgIpc) is 2.81. The zero-order chi connectivity index (χ0) is 22.7. The number of nitrogens with zero attached hydrogens (tertiary/aromatic N) is 3. The van der Waals surface area contributed by atoms with E-state index < -0.39 is 15.8 Å². The molecule has 2 saturated heterocycles. The Labute approximate surface area is 189 Å². The van der Waals surface area contributed by atoms with Crippen LogP contribution in [0, 0.1) is 12.7 Å². The van der Waals surface area contributed by atoms with Crippen molar-refractivity contribution in [3.8, 4) is 5.75 Å². The molecule has 2 heterocycles. The molecule has 2 aromatic carbocycles. The average molecular weight is 464 g/mol. The van der Waals surface area contributed by atoms with Crippen molar-refractivity contribution in [2.24, 2.45) is 0 Å². The van der Waals surface area contributed by atoms with Crippen molar-refractivity contribution in [2.75, 3.05) is 64.4 Å². The molecule has 0 aliphatic carbocycles. The molecule has 2 aromatic rings. The van der Waals surface area contributed by atoms with Crippen LogP contribution in [0.2, 0.25) is 0 Å². The fraction of sp³-hybridized carbons (Fsp3) is 0.478. The Hall–Kier alpha value is -2.20. The van der Waals surface area contributed by atoms with Gasteiger partial charge in [-0.2, -0.15) is 4.31 Å². The first kappa shape index (κ1) is 23.0. The van der Waals surface area contributed by atoms with Gasteiger partial charge in [0.15, 0.2) is 0 Å².